The molecule has 2 N–H and O–H groups in total. The van der Waals surface area contributed by atoms with Crippen LogP contribution in [0.1, 0.15) is 18.9 Å². The number of aromatic nitrogens is 1. The Labute approximate surface area is 119 Å². The first-order valence-corrected chi connectivity index (χ1v) is 6.58. The van der Waals surface area contributed by atoms with E-state index in [9.17, 15) is 4.79 Å². The number of pyridine rings is 1. The molecule has 19 heavy (non-hydrogen) atoms. The summed E-state index contributed by atoms with van der Waals surface area (Å²) >= 11 is 5.03. The van der Waals surface area contributed by atoms with Gasteiger partial charge in [0.15, 0.2) is 0 Å². The lowest BCUT2D eigenvalue weighted by Gasteiger charge is -2.25. The third-order valence-electron chi connectivity index (χ3n) is 2.67. The summed E-state index contributed by atoms with van der Waals surface area (Å²) in [5, 5.41) is 0. The summed E-state index contributed by atoms with van der Waals surface area (Å²) in [6.45, 7) is 3.05. The van der Waals surface area contributed by atoms with Crippen molar-refractivity contribution in [2.24, 2.45) is 5.73 Å². The Morgan fingerprint density at radius 3 is 2.68 bits per heavy atom. The number of nitrogens with zero attached hydrogens (tertiary/aromatic N) is 3. The molecule has 0 saturated carbocycles. The van der Waals surface area contributed by atoms with Crippen LogP contribution in [0.3, 0.4) is 0 Å². The number of carbonyl (C=O) groups excluding carboxylic acids is 1. The first-order chi connectivity index (χ1) is 8.97. The number of likely N-dealkylation sites (N-methyl/N-ethyl adjacent to an activating group) is 1. The van der Waals surface area contributed by atoms with Gasteiger partial charge in [0.05, 0.1) is 12.1 Å². The molecule has 0 saturated heterocycles. The zero-order chi connectivity index (χ0) is 14.4. The van der Waals surface area contributed by atoms with Crippen LogP contribution in [0.15, 0.2) is 18.3 Å². The highest BCUT2D eigenvalue weighted by molar-refractivity contribution is 7.80. The van der Waals surface area contributed by atoms with Crippen molar-refractivity contribution in [3.05, 3.63) is 23.9 Å². The van der Waals surface area contributed by atoms with Gasteiger partial charge in [-0.1, -0.05) is 19.1 Å². The Balaban J connectivity index is 3.05. The predicted molar refractivity (Wildman–Crippen MR) is 81.3 cm³/mol. The molecule has 0 atom stereocenters. The maximum absolute atomic E-state index is 11.9. The molecule has 0 radical (unpaired) electrons. The Morgan fingerprint density at radius 1 is 1.47 bits per heavy atom. The van der Waals surface area contributed by atoms with Crippen LogP contribution < -0.4 is 10.6 Å². The van der Waals surface area contributed by atoms with Crippen molar-refractivity contribution in [2.45, 2.75) is 13.3 Å². The first kappa shape index (κ1) is 15.4. The van der Waals surface area contributed by atoms with E-state index in [1.807, 2.05) is 11.0 Å². The third kappa shape index (κ3) is 4.17. The summed E-state index contributed by atoms with van der Waals surface area (Å²) < 4.78 is 0. The maximum Gasteiger partial charge on any atom is 0.241 e. The van der Waals surface area contributed by atoms with Gasteiger partial charge in [-0.05, 0) is 18.6 Å². The van der Waals surface area contributed by atoms with Crippen LogP contribution in [0.4, 0.5) is 5.82 Å². The minimum Gasteiger partial charge on any atom is -0.389 e. The van der Waals surface area contributed by atoms with Crippen molar-refractivity contribution in [2.75, 3.05) is 32.1 Å². The fraction of sp³-hybridized carbons (Fsp3) is 0.462. The number of nitrogens with two attached hydrogens (primary N) is 1. The summed E-state index contributed by atoms with van der Waals surface area (Å²) in [6, 6.07) is 3.61. The molecule has 1 aromatic rings. The lowest BCUT2D eigenvalue weighted by Crippen LogP contribution is -2.38. The fourth-order valence-electron chi connectivity index (χ4n) is 1.68. The second-order valence-electron chi connectivity index (χ2n) is 4.45. The van der Waals surface area contributed by atoms with Crippen LogP contribution in [-0.2, 0) is 4.79 Å². The fourth-order valence-corrected chi connectivity index (χ4v) is 1.84. The second kappa shape index (κ2) is 7.04. The topological polar surface area (TPSA) is 62.5 Å². The highest BCUT2D eigenvalue weighted by Crippen LogP contribution is 2.17. The summed E-state index contributed by atoms with van der Waals surface area (Å²) in [6.07, 6.45) is 2.59. The molecule has 1 rings (SSSR count). The zero-order valence-corrected chi connectivity index (χ0v) is 12.4. The van der Waals surface area contributed by atoms with Crippen LogP contribution in [0.25, 0.3) is 0 Å². The molecule has 1 heterocycles. The normalized spacial score (nSPS) is 10.1. The Bertz CT molecular complexity index is 462. The molecule has 0 unspecified atom stereocenters. The van der Waals surface area contributed by atoms with E-state index < -0.39 is 0 Å². The molecule has 0 aromatic carbocycles. The van der Waals surface area contributed by atoms with E-state index in [0.717, 1.165) is 13.0 Å². The molecule has 104 valence electrons. The molecule has 0 fully saturated rings. The Morgan fingerprint density at radius 2 is 2.16 bits per heavy atom. The molecule has 1 aromatic heterocycles. The van der Waals surface area contributed by atoms with E-state index in [-0.39, 0.29) is 12.5 Å². The first-order valence-electron chi connectivity index (χ1n) is 6.17. The SMILES string of the molecule is CCCN(CC(=O)N(C)C)c1ncccc1C(N)=S. The van der Waals surface area contributed by atoms with Crippen LogP contribution in [-0.4, -0.2) is 48.0 Å². The standard InChI is InChI=1S/C13H20N4OS/c1-4-8-17(9-11(18)16(2)3)13-10(12(14)19)6-5-7-15-13/h5-7H,4,8-9H2,1-3H3,(H2,14,19). The van der Waals surface area contributed by atoms with Crippen molar-refractivity contribution in [3.8, 4) is 0 Å². The van der Waals surface area contributed by atoms with Gasteiger partial charge in [0.1, 0.15) is 10.8 Å². The summed E-state index contributed by atoms with van der Waals surface area (Å²) in [5.41, 5.74) is 6.41. The van der Waals surface area contributed by atoms with Gasteiger partial charge in [0.25, 0.3) is 0 Å². The van der Waals surface area contributed by atoms with Crippen molar-refractivity contribution >= 4 is 28.9 Å². The number of hydrogen-bond acceptors (Lipinski definition) is 4. The van der Waals surface area contributed by atoms with Crippen molar-refractivity contribution < 1.29 is 4.79 Å². The highest BCUT2D eigenvalue weighted by atomic mass is 32.1. The van der Waals surface area contributed by atoms with E-state index in [0.29, 0.717) is 16.4 Å². The number of thiocarbonyl (C=S) groups is 1. The zero-order valence-electron chi connectivity index (χ0n) is 11.6. The molecule has 0 aliphatic rings. The number of carbonyl (C=O) groups is 1. The number of rotatable bonds is 6. The van der Waals surface area contributed by atoms with Crippen LogP contribution >= 0.6 is 12.2 Å². The average molecular weight is 280 g/mol. The molecule has 0 spiro atoms. The van der Waals surface area contributed by atoms with Gasteiger partial charge in [0, 0.05) is 26.8 Å². The average Bonchev–Trinajstić information content (AvgIpc) is 2.37. The van der Waals surface area contributed by atoms with Gasteiger partial charge >= 0.3 is 0 Å². The monoisotopic (exact) mass is 280 g/mol. The maximum atomic E-state index is 11.9. The van der Waals surface area contributed by atoms with Crippen LogP contribution in [0.2, 0.25) is 0 Å². The van der Waals surface area contributed by atoms with Crippen molar-refractivity contribution in [3.63, 3.8) is 0 Å². The third-order valence-corrected chi connectivity index (χ3v) is 2.89. The van der Waals surface area contributed by atoms with Crippen molar-refractivity contribution in [1.82, 2.24) is 9.88 Å². The van der Waals surface area contributed by atoms with Crippen LogP contribution in [0, 0.1) is 0 Å². The summed E-state index contributed by atoms with van der Waals surface area (Å²) in [7, 11) is 3.47. The molecule has 1 amide bonds. The largest absolute Gasteiger partial charge is 0.389 e. The number of amides is 1. The van der Waals surface area contributed by atoms with Crippen molar-refractivity contribution in [1.29, 1.82) is 0 Å². The minimum absolute atomic E-state index is 0.0213. The molecule has 5 nitrogen and oxygen atoms in total. The molecule has 0 bridgehead atoms. The number of anilines is 1. The van der Waals surface area contributed by atoms with Crippen LogP contribution in [0.5, 0.6) is 0 Å². The quantitative estimate of drug-likeness (QED) is 0.788. The summed E-state index contributed by atoms with van der Waals surface area (Å²) in [4.78, 5) is 20.0. The molecule has 6 heteroatoms. The predicted octanol–water partition coefficient (Wildman–Crippen LogP) is 1.02. The van der Waals surface area contributed by atoms with Gasteiger partial charge in [-0.3, -0.25) is 4.79 Å². The number of hydrogen-bond donors (Lipinski definition) is 1. The smallest absolute Gasteiger partial charge is 0.241 e. The van der Waals surface area contributed by atoms with Gasteiger partial charge in [0.2, 0.25) is 5.91 Å². The van der Waals surface area contributed by atoms with Gasteiger partial charge in [-0.25, -0.2) is 4.98 Å². The minimum atomic E-state index is 0.0213. The molecular formula is C13H20N4OS. The lowest BCUT2D eigenvalue weighted by molar-refractivity contribution is -0.127. The van der Waals surface area contributed by atoms with E-state index in [4.69, 9.17) is 18.0 Å². The highest BCUT2D eigenvalue weighted by Gasteiger charge is 2.17. The van der Waals surface area contributed by atoms with E-state index >= 15 is 0 Å². The van der Waals surface area contributed by atoms with E-state index in [2.05, 4.69) is 11.9 Å². The second-order valence-corrected chi connectivity index (χ2v) is 4.89. The van der Waals surface area contributed by atoms with Gasteiger partial charge in [-0.15, -0.1) is 0 Å². The Kier molecular flexibility index (Phi) is 5.69. The van der Waals surface area contributed by atoms with Gasteiger partial charge < -0.3 is 15.5 Å². The lowest BCUT2D eigenvalue weighted by atomic mass is 10.2. The Hall–Kier alpha value is -1.69. The van der Waals surface area contributed by atoms with E-state index in [1.54, 1.807) is 31.3 Å². The molecule has 0 aliphatic heterocycles. The molecule has 0 aliphatic carbocycles. The van der Waals surface area contributed by atoms with Gasteiger partial charge in [-0.2, -0.15) is 0 Å². The summed E-state index contributed by atoms with van der Waals surface area (Å²) in [5.74, 6) is 0.694. The molecular weight excluding hydrogens is 260 g/mol. The van der Waals surface area contributed by atoms with E-state index in [1.165, 1.54) is 0 Å².